The van der Waals surface area contributed by atoms with E-state index in [9.17, 15) is 13.2 Å². The normalized spacial score (nSPS) is 21.1. The van der Waals surface area contributed by atoms with Crippen LogP contribution in [0.3, 0.4) is 0 Å². The molecule has 1 fully saturated rings. The summed E-state index contributed by atoms with van der Waals surface area (Å²) in [5, 5.41) is 11.8. The molecule has 8 heteroatoms. The van der Waals surface area contributed by atoms with Crippen molar-refractivity contribution in [2.45, 2.75) is 32.4 Å². The quantitative estimate of drug-likeness (QED) is 0.258. The number of piperidine rings is 1. The number of ether oxygens (including phenoxy) is 1. The molecule has 0 aromatic carbocycles. The van der Waals surface area contributed by atoms with E-state index in [1.54, 1.807) is 0 Å². The highest BCUT2D eigenvalue weighted by molar-refractivity contribution is 5.85. The van der Waals surface area contributed by atoms with Crippen molar-refractivity contribution < 1.29 is 23.1 Å². The predicted molar refractivity (Wildman–Crippen MR) is 68.7 cm³/mol. The number of amidine groups is 1. The first-order chi connectivity index (χ1) is 9.27. The van der Waals surface area contributed by atoms with Gasteiger partial charge in [0.05, 0.1) is 0 Å². The average molecular weight is 297 g/mol. The highest BCUT2D eigenvalue weighted by Crippen LogP contribution is 2.30. The number of halogens is 3. The van der Waals surface area contributed by atoms with Crippen molar-refractivity contribution in [1.82, 2.24) is 4.90 Å². The van der Waals surface area contributed by atoms with Crippen LogP contribution >= 0.6 is 0 Å². The molecule has 0 radical (unpaired) electrons. The van der Waals surface area contributed by atoms with Gasteiger partial charge in [-0.25, -0.2) is 0 Å². The fraction of sp³-hybridized carbons (Fsp3) is 0.917. The van der Waals surface area contributed by atoms with Crippen molar-refractivity contribution in [3.05, 3.63) is 0 Å². The zero-order chi connectivity index (χ0) is 15.2. The molecule has 1 rings (SSSR count). The number of hydrogen-bond donors (Lipinski definition) is 2. The van der Waals surface area contributed by atoms with E-state index in [2.05, 4.69) is 14.8 Å². The van der Waals surface area contributed by atoms with Crippen LogP contribution in [0.25, 0.3) is 0 Å². The number of likely N-dealkylation sites (tertiary alicyclic amines) is 1. The third-order valence-electron chi connectivity index (χ3n) is 3.71. The summed E-state index contributed by atoms with van der Waals surface area (Å²) in [6.45, 7) is 3.13. The van der Waals surface area contributed by atoms with Crippen molar-refractivity contribution in [3.8, 4) is 0 Å². The van der Waals surface area contributed by atoms with E-state index in [0.717, 1.165) is 25.9 Å². The third kappa shape index (κ3) is 5.54. The lowest BCUT2D eigenvalue weighted by atomic mass is 9.79. The topological polar surface area (TPSA) is 71.1 Å². The molecule has 0 aromatic heterocycles. The molecular weight excluding hydrogens is 275 g/mol. The van der Waals surface area contributed by atoms with Crippen LogP contribution in [-0.2, 0) is 4.74 Å². The summed E-state index contributed by atoms with van der Waals surface area (Å²) in [6, 6.07) is 0. The van der Waals surface area contributed by atoms with Crippen LogP contribution in [0.4, 0.5) is 13.2 Å². The molecule has 118 valence electrons. The van der Waals surface area contributed by atoms with Gasteiger partial charge in [0, 0.05) is 18.6 Å². The molecule has 5 nitrogen and oxygen atoms in total. The average Bonchev–Trinajstić information content (AvgIpc) is 2.38. The molecule has 1 saturated heterocycles. The number of alkyl halides is 3. The summed E-state index contributed by atoms with van der Waals surface area (Å²) in [6.07, 6.45) is -2.15. The minimum atomic E-state index is -4.26. The monoisotopic (exact) mass is 297 g/mol. The maximum absolute atomic E-state index is 11.9. The molecule has 0 amide bonds. The maximum Gasteiger partial charge on any atom is 0.411 e. The second-order valence-corrected chi connectivity index (χ2v) is 5.41. The van der Waals surface area contributed by atoms with E-state index in [1.807, 2.05) is 6.92 Å². The van der Waals surface area contributed by atoms with Crippen LogP contribution in [0.2, 0.25) is 0 Å². The molecule has 1 aliphatic heterocycles. The smallest absolute Gasteiger partial charge is 0.409 e. The van der Waals surface area contributed by atoms with E-state index in [0.29, 0.717) is 13.0 Å². The van der Waals surface area contributed by atoms with E-state index >= 15 is 0 Å². The molecule has 0 spiro atoms. The lowest BCUT2D eigenvalue weighted by Crippen LogP contribution is -2.45. The van der Waals surface area contributed by atoms with Gasteiger partial charge in [-0.1, -0.05) is 12.1 Å². The van der Waals surface area contributed by atoms with E-state index in [-0.39, 0.29) is 17.9 Å². The predicted octanol–water partition coefficient (Wildman–Crippen LogP) is 1.80. The molecule has 1 heterocycles. The van der Waals surface area contributed by atoms with Crippen LogP contribution in [-0.4, -0.2) is 55.0 Å². The van der Waals surface area contributed by atoms with E-state index in [4.69, 9.17) is 10.9 Å². The first kappa shape index (κ1) is 17.0. The van der Waals surface area contributed by atoms with Crippen LogP contribution in [0.15, 0.2) is 5.16 Å². The molecule has 1 aliphatic rings. The molecule has 20 heavy (non-hydrogen) atoms. The van der Waals surface area contributed by atoms with Gasteiger partial charge in [0.1, 0.15) is 12.4 Å². The molecule has 0 unspecified atom stereocenters. The van der Waals surface area contributed by atoms with Crippen LogP contribution in [0, 0.1) is 5.41 Å². The summed E-state index contributed by atoms with van der Waals surface area (Å²) in [7, 11) is 0. The fourth-order valence-corrected chi connectivity index (χ4v) is 2.23. The standard InChI is InChI=1S/C12H22F3N3O2/c1-11(10(16)17-19)3-6-18(7-4-11)5-2-8-20-9-12(13,14)15/h19H,2-9H2,1H3,(H2,16,17). The Bertz CT molecular complexity index is 326. The molecule has 0 atom stereocenters. The first-order valence-corrected chi connectivity index (χ1v) is 6.62. The van der Waals surface area contributed by atoms with Crippen molar-refractivity contribution in [1.29, 1.82) is 0 Å². The van der Waals surface area contributed by atoms with Gasteiger partial charge < -0.3 is 20.6 Å². The molecule has 0 saturated carbocycles. The Kier molecular flexibility index (Phi) is 6.07. The minimum absolute atomic E-state index is 0.105. The molecule has 3 N–H and O–H groups in total. The Hall–Kier alpha value is -1.02. The van der Waals surface area contributed by atoms with E-state index < -0.39 is 12.8 Å². The Morgan fingerprint density at radius 2 is 2.00 bits per heavy atom. The largest absolute Gasteiger partial charge is 0.411 e. The fourth-order valence-electron chi connectivity index (χ4n) is 2.23. The summed E-state index contributed by atoms with van der Waals surface area (Å²) in [5.74, 6) is 0.241. The van der Waals surface area contributed by atoms with Gasteiger partial charge in [-0.05, 0) is 32.4 Å². The number of nitrogens with two attached hydrogens (primary N) is 1. The third-order valence-corrected chi connectivity index (χ3v) is 3.71. The molecule has 0 aromatic rings. The minimum Gasteiger partial charge on any atom is -0.409 e. The maximum atomic E-state index is 11.9. The Morgan fingerprint density at radius 1 is 1.40 bits per heavy atom. The molecular formula is C12H22F3N3O2. The SMILES string of the molecule is CC1(C(N)=NO)CCN(CCCOCC(F)(F)F)CC1. The van der Waals surface area contributed by atoms with Gasteiger partial charge in [-0.2, -0.15) is 13.2 Å². The second-order valence-electron chi connectivity index (χ2n) is 5.41. The van der Waals surface area contributed by atoms with Gasteiger partial charge in [0.25, 0.3) is 0 Å². The molecule has 0 aliphatic carbocycles. The summed E-state index contributed by atoms with van der Waals surface area (Å²) in [5.41, 5.74) is 5.37. The number of oxime groups is 1. The van der Waals surface area contributed by atoms with Crippen molar-refractivity contribution >= 4 is 5.84 Å². The first-order valence-electron chi connectivity index (χ1n) is 6.62. The van der Waals surface area contributed by atoms with Crippen molar-refractivity contribution in [2.24, 2.45) is 16.3 Å². The zero-order valence-corrected chi connectivity index (χ0v) is 11.6. The zero-order valence-electron chi connectivity index (χ0n) is 11.6. The lowest BCUT2D eigenvalue weighted by molar-refractivity contribution is -0.174. The van der Waals surface area contributed by atoms with Gasteiger partial charge >= 0.3 is 6.18 Å². The number of rotatable bonds is 6. The highest BCUT2D eigenvalue weighted by Gasteiger charge is 2.34. The second kappa shape index (κ2) is 7.12. The van der Waals surface area contributed by atoms with Gasteiger partial charge in [0.15, 0.2) is 0 Å². The highest BCUT2D eigenvalue weighted by atomic mass is 19.4. The summed E-state index contributed by atoms with van der Waals surface area (Å²) < 4.78 is 40.1. The Morgan fingerprint density at radius 3 is 2.50 bits per heavy atom. The van der Waals surface area contributed by atoms with Crippen LogP contribution < -0.4 is 5.73 Å². The lowest BCUT2D eigenvalue weighted by Gasteiger charge is -2.38. The summed E-state index contributed by atoms with van der Waals surface area (Å²) in [4.78, 5) is 2.16. The van der Waals surface area contributed by atoms with Gasteiger partial charge in [0.2, 0.25) is 0 Å². The van der Waals surface area contributed by atoms with Crippen molar-refractivity contribution in [2.75, 3.05) is 32.8 Å². The van der Waals surface area contributed by atoms with Gasteiger partial charge in [-0.3, -0.25) is 0 Å². The van der Waals surface area contributed by atoms with Gasteiger partial charge in [-0.15, -0.1) is 0 Å². The molecule has 0 bridgehead atoms. The Balaban J connectivity index is 2.17. The van der Waals surface area contributed by atoms with Crippen LogP contribution in [0.5, 0.6) is 0 Å². The van der Waals surface area contributed by atoms with E-state index in [1.165, 1.54) is 0 Å². The number of hydrogen-bond acceptors (Lipinski definition) is 4. The number of nitrogens with zero attached hydrogens (tertiary/aromatic N) is 2. The summed E-state index contributed by atoms with van der Waals surface area (Å²) >= 11 is 0. The van der Waals surface area contributed by atoms with Crippen LogP contribution in [0.1, 0.15) is 26.2 Å². The van der Waals surface area contributed by atoms with Crippen molar-refractivity contribution in [3.63, 3.8) is 0 Å². The Labute approximate surface area is 116 Å².